The molecule has 1 saturated carbocycles. The van der Waals surface area contributed by atoms with Gasteiger partial charge in [-0.2, -0.15) is 0 Å². The second kappa shape index (κ2) is 6.72. The van der Waals surface area contributed by atoms with Crippen molar-refractivity contribution >= 4 is 0 Å². The minimum absolute atomic E-state index is 0.192. The Morgan fingerprint density at radius 2 is 2.15 bits per heavy atom. The molecule has 0 atom stereocenters. The van der Waals surface area contributed by atoms with E-state index in [4.69, 9.17) is 4.74 Å². The minimum Gasteiger partial charge on any atom is -0.370 e. The third-order valence-corrected chi connectivity index (χ3v) is 4.40. The Kier molecular flexibility index (Phi) is 5.22. The summed E-state index contributed by atoms with van der Waals surface area (Å²) in [6, 6.07) is 0. The topological polar surface area (TPSA) is 49.9 Å². The number of hydrogen-bond acceptors (Lipinski definition) is 3. The van der Waals surface area contributed by atoms with Gasteiger partial charge >= 0.3 is 0 Å². The van der Waals surface area contributed by atoms with E-state index in [1.807, 2.05) is 13.3 Å². The number of ether oxygens (including phenoxy) is 1. The van der Waals surface area contributed by atoms with Crippen LogP contribution in [0, 0.1) is 11.8 Å². The Balaban J connectivity index is 1.99. The largest absolute Gasteiger partial charge is 0.370 e. The minimum atomic E-state index is -0.192. The molecular formula is C16H29N3O. The molecule has 114 valence electrons. The molecule has 0 bridgehead atoms. The van der Waals surface area contributed by atoms with Crippen molar-refractivity contribution in [3.63, 3.8) is 0 Å². The van der Waals surface area contributed by atoms with Crippen molar-refractivity contribution in [3.05, 3.63) is 17.7 Å². The van der Waals surface area contributed by atoms with Crippen LogP contribution < -0.4 is 5.32 Å². The highest BCUT2D eigenvalue weighted by Crippen LogP contribution is 2.40. The van der Waals surface area contributed by atoms with Crippen LogP contribution >= 0.6 is 0 Å². The van der Waals surface area contributed by atoms with Crippen molar-refractivity contribution in [1.82, 2.24) is 15.3 Å². The molecule has 0 aliphatic heterocycles. The number of imidazole rings is 1. The fourth-order valence-electron chi connectivity index (χ4n) is 2.94. The van der Waals surface area contributed by atoms with Crippen molar-refractivity contribution in [2.75, 3.05) is 13.7 Å². The number of nitrogens with one attached hydrogen (secondary N) is 2. The summed E-state index contributed by atoms with van der Waals surface area (Å²) in [5, 5.41) is 3.44. The van der Waals surface area contributed by atoms with Crippen LogP contribution in [0.1, 0.15) is 58.0 Å². The molecule has 1 aromatic heterocycles. The van der Waals surface area contributed by atoms with Crippen LogP contribution in [0.2, 0.25) is 0 Å². The average molecular weight is 279 g/mol. The Hall–Kier alpha value is -0.870. The first-order valence-electron chi connectivity index (χ1n) is 7.86. The number of aromatic amines is 1. The summed E-state index contributed by atoms with van der Waals surface area (Å²) in [6.45, 7) is 8.63. The van der Waals surface area contributed by atoms with E-state index >= 15 is 0 Å². The number of rotatable bonds is 6. The number of methoxy groups -OCH3 is 1. The fourth-order valence-corrected chi connectivity index (χ4v) is 2.94. The van der Waals surface area contributed by atoms with Crippen molar-refractivity contribution in [2.45, 2.75) is 58.6 Å². The zero-order valence-corrected chi connectivity index (χ0v) is 13.3. The summed E-state index contributed by atoms with van der Waals surface area (Å²) in [5.74, 6) is 2.48. The van der Waals surface area contributed by atoms with E-state index in [-0.39, 0.29) is 5.60 Å². The molecule has 0 amide bonds. The van der Waals surface area contributed by atoms with Gasteiger partial charge in [-0.25, -0.2) is 4.98 Å². The summed E-state index contributed by atoms with van der Waals surface area (Å²) < 4.78 is 5.86. The molecule has 0 aromatic carbocycles. The van der Waals surface area contributed by atoms with Crippen LogP contribution in [0.25, 0.3) is 0 Å². The predicted molar refractivity (Wildman–Crippen MR) is 81.5 cm³/mol. The quantitative estimate of drug-likeness (QED) is 0.840. The van der Waals surface area contributed by atoms with Gasteiger partial charge in [-0.15, -0.1) is 0 Å². The van der Waals surface area contributed by atoms with E-state index in [2.05, 4.69) is 36.1 Å². The fraction of sp³-hybridized carbons (Fsp3) is 0.812. The molecular weight excluding hydrogens is 250 g/mol. The van der Waals surface area contributed by atoms with Gasteiger partial charge in [0.2, 0.25) is 0 Å². The Bertz CT molecular complexity index is 406. The van der Waals surface area contributed by atoms with Gasteiger partial charge in [-0.1, -0.05) is 20.8 Å². The monoisotopic (exact) mass is 279 g/mol. The zero-order chi connectivity index (χ0) is 14.6. The highest BCUT2D eigenvalue weighted by Gasteiger charge is 2.38. The zero-order valence-electron chi connectivity index (χ0n) is 13.3. The predicted octanol–water partition coefficient (Wildman–Crippen LogP) is 3.21. The first-order valence-corrected chi connectivity index (χ1v) is 7.86. The smallest absolute Gasteiger partial charge is 0.138 e. The summed E-state index contributed by atoms with van der Waals surface area (Å²) in [5.41, 5.74) is 0.957. The molecule has 4 nitrogen and oxygen atoms in total. The van der Waals surface area contributed by atoms with Gasteiger partial charge in [-0.05, 0) is 44.1 Å². The average Bonchev–Trinajstić information content (AvgIpc) is 2.89. The molecule has 0 spiro atoms. The van der Waals surface area contributed by atoms with Gasteiger partial charge in [-0.3, -0.25) is 0 Å². The maximum atomic E-state index is 5.86. The van der Waals surface area contributed by atoms with E-state index in [1.54, 1.807) is 0 Å². The van der Waals surface area contributed by atoms with Gasteiger partial charge in [0.05, 0.1) is 0 Å². The third-order valence-electron chi connectivity index (χ3n) is 4.40. The summed E-state index contributed by atoms with van der Waals surface area (Å²) in [4.78, 5) is 8.05. The molecule has 1 heterocycles. The standard InChI is InChI=1S/C16H29N3O/c1-12(2)9-17-10-14-11-18-15(19-14)16(20-4)7-5-13(3)6-8-16/h11-13,17H,5-10H2,1-4H3,(H,18,19). The number of nitrogens with zero attached hydrogens (tertiary/aromatic N) is 1. The number of hydrogen-bond donors (Lipinski definition) is 2. The van der Waals surface area contributed by atoms with Crippen LogP contribution in [0.5, 0.6) is 0 Å². The number of H-pyrrole nitrogens is 1. The van der Waals surface area contributed by atoms with E-state index in [0.717, 1.165) is 43.4 Å². The molecule has 20 heavy (non-hydrogen) atoms. The molecule has 1 fully saturated rings. The lowest BCUT2D eigenvalue weighted by atomic mass is 9.79. The van der Waals surface area contributed by atoms with Gasteiger partial charge in [0.15, 0.2) is 0 Å². The van der Waals surface area contributed by atoms with Gasteiger partial charge < -0.3 is 15.0 Å². The summed E-state index contributed by atoms with van der Waals surface area (Å²) in [7, 11) is 1.81. The molecule has 0 radical (unpaired) electrons. The second-order valence-corrected chi connectivity index (χ2v) is 6.66. The van der Waals surface area contributed by atoms with Crippen LogP contribution in [0.3, 0.4) is 0 Å². The van der Waals surface area contributed by atoms with Crippen LogP contribution in [0.4, 0.5) is 0 Å². The lowest BCUT2D eigenvalue weighted by molar-refractivity contribution is -0.0592. The Labute approximate surface area is 122 Å². The van der Waals surface area contributed by atoms with Gasteiger partial charge in [0.1, 0.15) is 11.4 Å². The van der Waals surface area contributed by atoms with Gasteiger partial charge in [0.25, 0.3) is 0 Å². The maximum Gasteiger partial charge on any atom is 0.138 e. The Morgan fingerprint density at radius 3 is 2.75 bits per heavy atom. The van der Waals surface area contributed by atoms with E-state index < -0.39 is 0 Å². The first kappa shape index (κ1) is 15.5. The lowest BCUT2D eigenvalue weighted by Crippen LogP contribution is -2.34. The van der Waals surface area contributed by atoms with Gasteiger partial charge in [0, 0.05) is 25.5 Å². The summed E-state index contributed by atoms with van der Waals surface area (Å²) >= 11 is 0. The van der Waals surface area contributed by atoms with E-state index in [9.17, 15) is 0 Å². The third kappa shape index (κ3) is 3.61. The first-order chi connectivity index (χ1) is 9.55. The SMILES string of the molecule is COC1(c2ncc(CNCC(C)C)[nH]2)CCC(C)CC1. The lowest BCUT2D eigenvalue weighted by Gasteiger charge is -2.36. The van der Waals surface area contributed by atoms with Crippen molar-refractivity contribution < 1.29 is 4.74 Å². The molecule has 4 heteroatoms. The molecule has 0 unspecified atom stereocenters. The van der Waals surface area contributed by atoms with Crippen LogP contribution in [-0.2, 0) is 16.9 Å². The van der Waals surface area contributed by atoms with Crippen LogP contribution in [-0.4, -0.2) is 23.6 Å². The molecule has 0 saturated heterocycles. The molecule has 2 N–H and O–H groups in total. The van der Waals surface area contributed by atoms with E-state index in [0.29, 0.717) is 5.92 Å². The van der Waals surface area contributed by atoms with Crippen molar-refractivity contribution in [2.24, 2.45) is 11.8 Å². The summed E-state index contributed by atoms with van der Waals surface area (Å²) in [6.07, 6.45) is 6.51. The van der Waals surface area contributed by atoms with Crippen molar-refractivity contribution in [1.29, 1.82) is 0 Å². The maximum absolute atomic E-state index is 5.86. The molecule has 1 aliphatic carbocycles. The molecule has 2 rings (SSSR count). The molecule has 1 aromatic rings. The van der Waals surface area contributed by atoms with E-state index in [1.165, 1.54) is 12.8 Å². The number of aromatic nitrogens is 2. The van der Waals surface area contributed by atoms with Crippen molar-refractivity contribution in [3.8, 4) is 0 Å². The molecule has 1 aliphatic rings. The Morgan fingerprint density at radius 1 is 1.45 bits per heavy atom. The second-order valence-electron chi connectivity index (χ2n) is 6.66. The highest BCUT2D eigenvalue weighted by atomic mass is 16.5. The van der Waals surface area contributed by atoms with Crippen LogP contribution in [0.15, 0.2) is 6.20 Å². The normalized spacial score (nSPS) is 27.1. The highest BCUT2D eigenvalue weighted by molar-refractivity contribution is 5.10.